The molecule has 3 aromatic rings. The number of nitrogens with one attached hydrogen (secondary N) is 1. The topological polar surface area (TPSA) is 107 Å². The highest BCUT2D eigenvalue weighted by Crippen LogP contribution is 2.38. The Bertz CT molecular complexity index is 1270. The molecule has 2 unspecified atom stereocenters. The zero-order valence-corrected chi connectivity index (χ0v) is 19.7. The summed E-state index contributed by atoms with van der Waals surface area (Å²) in [6.45, 7) is 3.15. The second-order valence-electron chi connectivity index (χ2n) is 8.53. The third kappa shape index (κ3) is 4.99. The number of hydrogen-bond donors (Lipinski definition) is 3. The number of aryl methyl sites for hydroxylation is 1. The summed E-state index contributed by atoms with van der Waals surface area (Å²) in [5, 5.41) is 22.3. The number of phenolic OH excluding ortho intramolecular Hbond substituents is 1. The van der Waals surface area contributed by atoms with E-state index in [4.69, 9.17) is 0 Å². The molecule has 7 nitrogen and oxygen atoms in total. The van der Waals surface area contributed by atoms with Gasteiger partial charge < -0.3 is 15.5 Å². The number of rotatable bonds is 7. The summed E-state index contributed by atoms with van der Waals surface area (Å²) in [6, 6.07) is 20.2. The number of sulfone groups is 1. The number of carboxylic acid groups (broad SMARTS) is 1. The highest BCUT2D eigenvalue weighted by atomic mass is 32.2. The van der Waals surface area contributed by atoms with Gasteiger partial charge in [-0.2, -0.15) is 0 Å². The Hall–Kier alpha value is -3.20. The van der Waals surface area contributed by atoms with Crippen molar-refractivity contribution >= 4 is 15.8 Å². The van der Waals surface area contributed by atoms with Gasteiger partial charge in [0.2, 0.25) is 0 Å². The maximum absolute atomic E-state index is 13.8. The largest absolute Gasteiger partial charge is 0.508 e. The molecule has 1 saturated heterocycles. The maximum atomic E-state index is 13.8. The van der Waals surface area contributed by atoms with Crippen molar-refractivity contribution in [3.63, 3.8) is 0 Å². The van der Waals surface area contributed by atoms with Crippen LogP contribution < -0.4 is 5.32 Å². The number of phenols is 1. The van der Waals surface area contributed by atoms with Gasteiger partial charge in [0.15, 0.2) is 9.84 Å². The molecule has 34 heavy (non-hydrogen) atoms. The number of aliphatic carboxylic acids is 1. The molecule has 1 aliphatic heterocycles. The fourth-order valence-corrected chi connectivity index (χ4v) is 6.23. The van der Waals surface area contributed by atoms with Gasteiger partial charge in [0.25, 0.3) is 0 Å². The van der Waals surface area contributed by atoms with Gasteiger partial charge in [0, 0.05) is 25.2 Å². The lowest BCUT2D eigenvalue weighted by Gasteiger charge is -2.41. The molecule has 1 fully saturated rings. The van der Waals surface area contributed by atoms with E-state index in [1.807, 2.05) is 17.9 Å². The first-order chi connectivity index (χ1) is 16.3. The van der Waals surface area contributed by atoms with E-state index in [-0.39, 0.29) is 23.6 Å². The summed E-state index contributed by atoms with van der Waals surface area (Å²) in [6.07, 6.45) is -0.145. The SMILES string of the molecule is Cc1ccc(S(=O)(=O)C2CNCCN2C(c2cccc(CC(=O)O)c2)c2ccccc2O)cc1. The first-order valence-corrected chi connectivity index (χ1v) is 12.7. The van der Waals surface area contributed by atoms with E-state index in [1.165, 1.54) is 0 Å². The normalized spacial score (nSPS) is 17.9. The van der Waals surface area contributed by atoms with Gasteiger partial charge in [-0.1, -0.05) is 60.2 Å². The Morgan fingerprint density at radius 3 is 2.53 bits per heavy atom. The zero-order chi connectivity index (χ0) is 24.3. The molecule has 0 radical (unpaired) electrons. The minimum Gasteiger partial charge on any atom is -0.508 e. The number of carbonyl (C=O) groups is 1. The van der Waals surface area contributed by atoms with Crippen molar-refractivity contribution in [1.82, 2.24) is 10.2 Å². The first kappa shape index (κ1) is 23.9. The van der Waals surface area contributed by atoms with Crippen LogP contribution in [0.1, 0.15) is 28.3 Å². The number of aromatic hydroxyl groups is 1. The molecular weight excluding hydrogens is 452 g/mol. The van der Waals surface area contributed by atoms with Gasteiger partial charge in [-0.05, 0) is 36.2 Å². The smallest absolute Gasteiger partial charge is 0.307 e. The van der Waals surface area contributed by atoms with Crippen LogP contribution in [0.25, 0.3) is 0 Å². The average Bonchev–Trinajstić information content (AvgIpc) is 2.81. The van der Waals surface area contributed by atoms with Crippen molar-refractivity contribution < 1.29 is 23.4 Å². The monoisotopic (exact) mass is 480 g/mol. The average molecular weight is 481 g/mol. The molecular formula is C26H28N2O5S. The standard InChI is InChI=1S/C26H28N2O5S/c1-18-9-11-21(12-10-18)34(32,33)24-17-27-13-14-28(24)26(22-7-2-3-8-23(22)29)20-6-4-5-19(15-20)16-25(30)31/h2-12,15,24,26-27,29H,13-14,16-17H2,1H3,(H,30,31). The van der Waals surface area contributed by atoms with Gasteiger partial charge in [-0.15, -0.1) is 0 Å². The molecule has 0 spiro atoms. The molecule has 8 heteroatoms. The van der Waals surface area contributed by atoms with Crippen molar-refractivity contribution in [2.75, 3.05) is 19.6 Å². The van der Waals surface area contributed by atoms with Gasteiger partial charge >= 0.3 is 5.97 Å². The van der Waals surface area contributed by atoms with Crippen molar-refractivity contribution in [3.05, 3.63) is 95.1 Å². The first-order valence-electron chi connectivity index (χ1n) is 11.1. The van der Waals surface area contributed by atoms with Crippen LogP contribution in [0.2, 0.25) is 0 Å². The minimum atomic E-state index is -3.74. The van der Waals surface area contributed by atoms with Gasteiger partial charge in [0.1, 0.15) is 11.1 Å². The van der Waals surface area contributed by atoms with Gasteiger partial charge in [-0.3, -0.25) is 9.69 Å². The van der Waals surface area contributed by atoms with E-state index in [2.05, 4.69) is 5.32 Å². The van der Waals surface area contributed by atoms with Gasteiger partial charge in [0.05, 0.1) is 17.4 Å². The molecule has 3 N–H and O–H groups in total. The van der Waals surface area contributed by atoms with E-state index in [9.17, 15) is 23.4 Å². The second-order valence-corrected chi connectivity index (χ2v) is 10.6. The van der Waals surface area contributed by atoms with Crippen molar-refractivity contribution in [1.29, 1.82) is 0 Å². The fraction of sp³-hybridized carbons (Fsp3) is 0.269. The Balaban J connectivity index is 1.84. The lowest BCUT2D eigenvalue weighted by atomic mass is 9.94. The molecule has 0 aromatic heterocycles. The Morgan fingerprint density at radius 1 is 1.09 bits per heavy atom. The molecule has 0 aliphatic carbocycles. The predicted molar refractivity (Wildman–Crippen MR) is 129 cm³/mol. The molecule has 1 aliphatic rings. The van der Waals surface area contributed by atoms with E-state index in [0.29, 0.717) is 24.2 Å². The molecule has 0 bridgehead atoms. The maximum Gasteiger partial charge on any atom is 0.307 e. The molecule has 4 rings (SSSR count). The molecule has 3 aromatic carbocycles. The highest BCUT2D eigenvalue weighted by Gasteiger charge is 2.40. The molecule has 2 atom stereocenters. The second kappa shape index (κ2) is 9.97. The summed E-state index contributed by atoms with van der Waals surface area (Å²) in [7, 11) is -3.74. The highest BCUT2D eigenvalue weighted by molar-refractivity contribution is 7.92. The number of benzene rings is 3. The van der Waals surface area contributed by atoms with Crippen LogP contribution in [0, 0.1) is 6.92 Å². The van der Waals surface area contributed by atoms with E-state index in [1.54, 1.807) is 66.7 Å². The van der Waals surface area contributed by atoms with Crippen molar-refractivity contribution in [2.45, 2.75) is 29.7 Å². The summed E-state index contributed by atoms with van der Waals surface area (Å²) in [4.78, 5) is 13.4. The quantitative estimate of drug-likeness (QED) is 0.477. The van der Waals surface area contributed by atoms with Crippen LogP contribution in [0.3, 0.4) is 0 Å². The molecule has 1 heterocycles. The van der Waals surface area contributed by atoms with Crippen LogP contribution in [0.5, 0.6) is 5.75 Å². The number of para-hydroxylation sites is 1. The van der Waals surface area contributed by atoms with E-state index < -0.39 is 27.2 Å². The summed E-state index contributed by atoms with van der Waals surface area (Å²) < 4.78 is 27.5. The predicted octanol–water partition coefficient (Wildman–Crippen LogP) is 3.12. The summed E-state index contributed by atoms with van der Waals surface area (Å²) >= 11 is 0. The number of piperazine rings is 1. The van der Waals surface area contributed by atoms with E-state index >= 15 is 0 Å². The third-order valence-electron chi connectivity index (χ3n) is 6.13. The lowest BCUT2D eigenvalue weighted by Crippen LogP contribution is -2.55. The molecule has 0 amide bonds. The van der Waals surface area contributed by atoms with E-state index in [0.717, 1.165) is 11.1 Å². The van der Waals surface area contributed by atoms with Crippen LogP contribution >= 0.6 is 0 Å². The Kier molecular flexibility index (Phi) is 7.02. The lowest BCUT2D eigenvalue weighted by molar-refractivity contribution is -0.136. The number of carboxylic acids is 1. The molecule has 178 valence electrons. The number of hydrogen-bond acceptors (Lipinski definition) is 6. The molecule has 0 saturated carbocycles. The summed E-state index contributed by atoms with van der Waals surface area (Å²) in [5.74, 6) is -0.889. The van der Waals surface area contributed by atoms with Crippen LogP contribution in [0.15, 0.2) is 77.7 Å². The third-order valence-corrected chi connectivity index (χ3v) is 8.21. The van der Waals surface area contributed by atoms with Crippen LogP contribution in [-0.4, -0.2) is 54.5 Å². The Labute approximate surface area is 199 Å². The number of nitrogens with zero attached hydrogens (tertiary/aromatic N) is 1. The summed E-state index contributed by atoms with van der Waals surface area (Å²) in [5.41, 5.74) is 2.88. The van der Waals surface area contributed by atoms with Crippen molar-refractivity contribution in [3.8, 4) is 5.75 Å². The Morgan fingerprint density at radius 2 is 1.82 bits per heavy atom. The van der Waals surface area contributed by atoms with Crippen LogP contribution in [0.4, 0.5) is 0 Å². The zero-order valence-electron chi connectivity index (χ0n) is 18.9. The minimum absolute atomic E-state index is 0.0566. The van der Waals surface area contributed by atoms with Gasteiger partial charge in [-0.25, -0.2) is 8.42 Å². The fourth-order valence-electron chi connectivity index (χ4n) is 4.48. The van der Waals surface area contributed by atoms with Crippen molar-refractivity contribution in [2.24, 2.45) is 0 Å². The van der Waals surface area contributed by atoms with Crippen LogP contribution in [-0.2, 0) is 21.1 Å².